The van der Waals surface area contributed by atoms with Crippen LogP contribution in [0.1, 0.15) is 20.3 Å². The predicted octanol–water partition coefficient (Wildman–Crippen LogP) is 1.29. The van der Waals surface area contributed by atoms with E-state index in [0.717, 1.165) is 12.0 Å². The van der Waals surface area contributed by atoms with Gasteiger partial charge in [0.2, 0.25) is 0 Å². The van der Waals surface area contributed by atoms with Gasteiger partial charge in [0.05, 0.1) is 0 Å². The maximum atomic E-state index is 4.89. The molecule has 0 aliphatic heterocycles. The van der Waals surface area contributed by atoms with Gasteiger partial charge >= 0.3 is 0 Å². The van der Waals surface area contributed by atoms with Crippen molar-refractivity contribution in [3.05, 3.63) is 11.6 Å². The van der Waals surface area contributed by atoms with Gasteiger partial charge in [0.1, 0.15) is 0 Å². The van der Waals surface area contributed by atoms with Crippen LogP contribution >= 0.6 is 0 Å². The SMILES string of the molecule is CC/C=C(C)/C=N\N. The van der Waals surface area contributed by atoms with E-state index in [-0.39, 0.29) is 0 Å². The van der Waals surface area contributed by atoms with Gasteiger partial charge in [-0.15, -0.1) is 0 Å². The van der Waals surface area contributed by atoms with Crippen molar-refractivity contribution in [2.24, 2.45) is 10.9 Å². The first-order valence-electron chi connectivity index (χ1n) is 2.71. The molecule has 0 atom stereocenters. The summed E-state index contributed by atoms with van der Waals surface area (Å²) < 4.78 is 0. The predicted molar refractivity (Wildman–Crippen MR) is 36.7 cm³/mol. The van der Waals surface area contributed by atoms with E-state index in [4.69, 9.17) is 5.84 Å². The first kappa shape index (κ1) is 7.21. The van der Waals surface area contributed by atoms with Gasteiger partial charge in [-0.1, -0.05) is 13.0 Å². The molecule has 0 heterocycles. The normalized spacial score (nSPS) is 13.0. The second-order valence-electron chi connectivity index (χ2n) is 1.63. The topological polar surface area (TPSA) is 38.4 Å². The van der Waals surface area contributed by atoms with Crippen molar-refractivity contribution >= 4 is 6.21 Å². The molecule has 0 bridgehead atoms. The molecule has 0 aromatic heterocycles. The molecule has 2 heteroatoms. The lowest BCUT2D eigenvalue weighted by atomic mass is 10.3. The van der Waals surface area contributed by atoms with E-state index in [9.17, 15) is 0 Å². The Morgan fingerprint density at radius 3 is 2.75 bits per heavy atom. The number of allylic oxidation sites excluding steroid dienone is 2. The van der Waals surface area contributed by atoms with Crippen LogP contribution in [0.25, 0.3) is 0 Å². The van der Waals surface area contributed by atoms with Crippen LogP contribution in [0, 0.1) is 0 Å². The molecular formula is C6H12N2. The van der Waals surface area contributed by atoms with E-state index in [1.165, 1.54) is 0 Å². The minimum atomic E-state index is 1.04. The molecular weight excluding hydrogens is 100 g/mol. The molecule has 2 N–H and O–H groups in total. The van der Waals surface area contributed by atoms with E-state index < -0.39 is 0 Å². The van der Waals surface area contributed by atoms with Gasteiger partial charge in [-0.05, 0) is 18.9 Å². The van der Waals surface area contributed by atoms with Crippen molar-refractivity contribution in [2.75, 3.05) is 0 Å². The summed E-state index contributed by atoms with van der Waals surface area (Å²) in [4.78, 5) is 0. The number of hydrogen-bond donors (Lipinski definition) is 1. The zero-order valence-electron chi connectivity index (χ0n) is 5.39. The molecule has 0 amide bonds. The van der Waals surface area contributed by atoms with Crippen LogP contribution in [0.3, 0.4) is 0 Å². The molecule has 0 aliphatic rings. The largest absolute Gasteiger partial charge is 0.323 e. The summed E-state index contributed by atoms with van der Waals surface area (Å²) in [5.74, 6) is 4.89. The van der Waals surface area contributed by atoms with Crippen LogP contribution in [0.5, 0.6) is 0 Å². The number of nitrogens with two attached hydrogens (primary N) is 1. The Balaban J connectivity index is 3.61. The second-order valence-corrected chi connectivity index (χ2v) is 1.63. The third-order valence-electron chi connectivity index (χ3n) is 0.804. The zero-order valence-corrected chi connectivity index (χ0v) is 5.39. The fourth-order valence-electron chi connectivity index (χ4n) is 0.492. The van der Waals surface area contributed by atoms with E-state index in [1.807, 2.05) is 6.92 Å². The standard InChI is InChI=1S/C6H12N2/c1-3-4-6(2)5-8-7/h4-5H,3,7H2,1-2H3/b6-4+,8-5-. The maximum absolute atomic E-state index is 4.89. The Kier molecular flexibility index (Phi) is 3.94. The summed E-state index contributed by atoms with van der Waals surface area (Å²) in [6, 6.07) is 0. The summed E-state index contributed by atoms with van der Waals surface area (Å²) in [7, 11) is 0. The van der Waals surface area contributed by atoms with Gasteiger partial charge in [0.25, 0.3) is 0 Å². The van der Waals surface area contributed by atoms with Crippen molar-refractivity contribution in [1.29, 1.82) is 0 Å². The van der Waals surface area contributed by atoms with Crippen molar-refractivity contribution in [3.63, 3.8) is 0 Å². The average molecular weight is 112 g/mol. The lowest BCUT2D eigenvalue weighted by molar-refractivity contribution is 1.20. The molecule has 0 fully saturated rings. The highest BCUT2D eigenvalue weighted by atomic mass is 15.1. The van der Waals surface area contributed by atoms with Gasteiger partial charge in [0.15, 0.2) is 0 Å². The first-order valence-corrected chi connectivity index (χ1v) is 2.71. The molecule has 2 nitrogen and oxygen atoms in total. The van der Waals surface area contributed by atoms with Crippen LogP contribution in [0.2, 0.25) is 0 Å². The second kappa shape index (κ2) is 4.37. The van der Waals surface area contributed by atoms with Crippen LogP contribution < -0.4 is 5.84 Å². The Hall–Kier alpha value is -0.790. The minimum Gasteiger partial charge on any atom is -0.323 e. The number of hydrazone groups is 1. The molecule has 0 rings (SSSR count). The smallest absolute Gasteiger partial charge is 0.0491 e. The summed E-state index contributed by atoms with van der Waals surface area (Å²) in [6.45, 7) is 4.05. The number of hydrogen-bond acceptors (Lipinski definition) is 2. The Labute approximate surface area is 50.1 Å². The summed E-state index contributed by atoms with van der Waals surface area (Å²) >= 11 is 0. The lowest BCUT2D eigenvalue weighted by Crippen LogP contribution is -1.83. The Morgan fingerprint density at radius 1 is 1.75 bits per heavy atom. The third kappa shape index (κ3) is 3.40. The van der Waals surface area contributed by atoms with Crippen LogP contribution in [0.4, 0.5) is 0 Å². The Morgan fingerprint density at radius 2 is 2.38 bits per heavy atom. The van der Waals surface area contributed by atoms with E-state index in [1.54, 1.807) is 6.21 Å². The monoisotopic (exact) mass is 112 g/mol. The molecule has 0 aliphatic carbocycles. The molecule has 0 saturated carbocycles. The fraction of sp³-hybridized carbons (Fsp3) is 0.500. The molecule has 0 radical (unpaired) electrons. The summed E-state index contributed by atoms with van der Waals surface area (Å²) in [5, 5.41) is 3.36. The quantitative estimate of drug-likeness (QED) is 0.326. The molecule has 8 heavy (non-hydrogen) atoms. The van der Waals surface area contributed by atoms with Gasteiger partial charge < -0.3 is 5.84 Å². The van der Waals surface area contributed by atoms with Crippen molar-refractivity contribution < 1.29 is 0 Å². The van der Waals surface area contributed by atoms with Gasteiger partial charge in [-0.3, -0.25) is 0 Å². The average Bonchev–Trinajstić information content (AvgIpc) is 1.68. The molecule has 46 valence electrons. The maximum Gasteiger partial charge on any atom is 0.0491 e. The highest BCUT2D eigenvalue weighted by Gasteiger charge is 1.75. The molecule has 0 spiro atoms. The lowest BCUT2D eigenvalue weighted by Gasteiger charge is -1.84. The van der Waals surface area contributed by atoms with Crippen molar-refractivity contribution in [2.45, 2.75) is 20.3 Å². The van der Waals surface area contributed by atoms with Gasteiger partial charge in [-0.2, -0.15) is 5.10 Å². The summed E-state index contributed by atoms with van der Waals surface area (Å²) in [5.41, 5.74) is 1.12. The molecule has 0 saturated heterocycles. The highest BCUT2D eigenvalue weighted by molar-refractivity contribution is 5.77. The third-order valence-corrected chi connectivity index (χ3v) is 0.804. The highest BCUT2D eigenvalue weighted by Crippen LogP contribution is 1.88. The van der Waals surface area contributed by atoms with Crippen molar-refractivity contribution in [3.8, 4) is 0 Å². The Bertz CT molecular complexity index is 103. The zero-order chi connectivity index (χ0) is 6.41. The molecule has 0 aromatic carbocycles. The van der Waals surface area contributed by atoms with Crippen LogP contribution in [-0.2, 0) is 0 Å². The van der Waals surface area contributed by atoms with Crippen LogP contribution in [-0.4, -0.2) is 6.21 Å². The van der Waals surface area contributed by atoms with E-state index in [2.05, 4.69) is 18.1 Å². The summed E-state index contributed by atoms with van der Waals surface area (Å²) in [6.07, 6.45) is 4.75. The fourth-order valence-corrected chi connectivity index (χ4v) is 0.492. The van der Waals surface area contributed by atoms with Gasteiger partial charge in [-0.25, -0.2) is 0 Å². The minimum absolute atomic E-state index is 1.04. The first-order chi connectivity index (χ1) is 3.81. The van der Waals surface area contributed by atoms with Crippen LogP contribution in [0.15, 0.2) is 16.8 Å². The molecule has 0 aromatic rings. The molecule has 0 unspecified atom stereocenters. The van der Waals surface area contributed by atoms with Crippen molar-refractivity contribution in [1.82, 2.24) is 0 Å². The number of rotatable bonds is 2. The van der Waals surface area contributed by atoms with Gasteiger partial charge in [0, 0.05) is 6.21 Å². The number of nitrogens with zero attached hydrogens (tertiary/aromatic N) is 1. The van der Waals surface area contributed by atoms with E-state index in [0.29, 0.717) is 0 Å². The van der Waals surface area contributed by atoms with E-state index >= 15 is 0 Å².